The molecule has 3 rings (SSSR count). The minimum absolute atomic E-state index is 0.0780. The maximum atomic E-state index is 12.2. The molecule has 1 aliphatic heterocycles. The minimum atomic E-state index is 0.0780. The van der Waals surface area contributed by atoms with E-state index in [0.717, 1.165) is 21.5 Å². The van der Waals surface area contributed by atoms with Crippen LogP contribution in [0.3, 0.4) is 0 Å². The third-order valence-corrected chi connectivity index (χ3v) is 5.20. The lowest BCUT2D eigenvalue weighted by molar-refractivity contribution is -0.134. The van der Waals surface area contributed by atoms with E-state index in [2.05, 4.69) is 15.9 Å². The third kappa shape index (κ3) is 2.84. The zero-order valence-corrected chi connectivity index (χ0v) is 12.9. The van der Waals surface area contributed by atoms with Gasteiger partial charge in [0.25, 0.3) is 5.91 Å². The highest BCUT2D eigenvalue weighted by molar-refractivity contribution is 9.11. The molecule has 2 heterocycles. The summed E-state index contributed by atoms with van der Waals surface area (Å²) < 4.78 is 0.971. The zero-order chi connectivity index (χ0) is 13.4. The van der Waals surface area contributed by atoms with E-state index in [9.17, 15) is 9.59 Å². The zero-order valence-electron chi connectivity index (χ0n) is 10.5. The van der Waals surface area contributed by atoms with Crippen molar-refractivity contribution >= 4 is 39.1 Å². The van der Waals surface area contributed by atoms with Gasteiger partial charge in [0.1, 0.15) is 0 Å². The molecular weight excluding hydrogens is 328 g/mol. The number of carbonyl (C=O) groups is 2. The second kappa shape index (κ2) is 5.25. The fraction of sp³-hybridized carbons (Fsp3) is 0.538. The van der Waals surface area contributed by atoms with Crippen LogP contribution >= 0.6 is 27.3 Å². The first-order chi connectivity index (χ1) is 9.15. The second-order valence-corrected chi connectivity index (χ2v) is 7.46. The Morgan fingerprint density at radius 1 is 1.11 bits per heavy atom. The number of thiophene rings is 1. The van der Waals surface area contributed by atoms with Crippen LogP contribution in [0.5, 0.6) is 0 Å². The summed E-state index contributed by atoms with van der Waals surface area (Å²) in [7, 11) is 0. The van der Waals surface area contributed by atoms with Crippen LogP contribution in [0.15, 0.2) is 15.9 Å². The van der Waals surface area contributed by atoms with Gasteiger partial charge in [-0.3, -0.25) is 9.59 Å². The van der Waals surface area contributed by atoms with Gasteiger partial charge in [0.2, 0.25) is 5.91 Å². The standard InChI is InChI=1S/C13H15BrN2O2S/c14-11-4-3-10(19-11)13(18)16-7-5-15(6-8-16)12(17)9-1-2-9/h3-4,9H,1-2,5-8H2. The van der Waals surface area contributed by atoms with E-state index in [1.54, 1.807) is 0 Å². The fourth-order valence-electron chi connectivity index (χ4n) is 2.30. The van der Waals surface area contributed by atoms with Gasteiger partial charge < -0.3 is 9.80 Å². The van der Waals surface area contributed by atoms with E-state index in [1.165, 1.54) is 11.3 Å². The van der Waals surface area contributed by atoms with Crippen molar-refractivity contribution in [1.29, 1.82) is 0 Å². The van der Waals surface area contributed by atoms with Gasteiger partial charge in [-0.15, -0.1) is 11.3 Å². The molecular formula is C13H15BrN2O2S. The lowest BCUT2D eigenvalue weighted by Gasteiger charge is -2.34. The average molecular weight is 343 g/mol. The van der Waals surface area contributed by atoms with Gasteiger partial charge in [0.05, 0.1) is 8.66 Å². The summed E-state index contributed by atoms with van der Waals surface area (Å²) in [5.41, 5.74) is 0. The molecule has 102 valence electrons. The van der Waals surface area contributed by atoms with Crippen molar-refractivity contribution in [3.63, 3.8) is 0 Å². The first-order valence-corrected chi connectivity index (χ1v) is 8.09. The number of piperazine rings is 1. The quantitative estimate of drug-likeness (QED) is 0.826. The van der Waals surface area contributed by atoms with E-state index in [4.69, 9.17) is 0 Å². The SMILES string of the molecule is O=C(c1ccc(Br)s1)N1CCN(C(=O)C2CC2)CC1. The van der Waals surface area contributed by atoms with Crippen LogP contribution < -0.4 is 0 Å². The number of nitrogens with zero attached hydrogens (tertiary/aromatic N) is 2. The van der Waals surface area contributed by atoms with Crippen molar-refractivity contribution < 1.29 is 9.59 Å². The molecule has 1 aromatic rings. The van der Waals surface area contributed by atoms with E-state index in [-0.39, 0.29) is 17.7 Å². The number of rotatable bonds is 2. The van der Waals surface area contributed by atoms with Crippen molar-refractivity contribution in [2.24, 2.45) is 5.92 Å². The van der Waals surface area contributed by atoms with Crippen molar-refractivity contribution in [2.75, 3.05) is 26.2 Å². The first kappa shape index (κ1) is 13.1. The van der Waals surface area contributed by atoms with E-state index in [0.29, 0.717) is 26.2 Å². The second-order valence-electron chi connectivity index (χ2n) is 5.00. The highest BCUT2D eigenvalue weighted by atomic mass is 79.9. The van der Waals surface area contributed by atoms with E-state index >= 15 is 0 Å². The topological polar surface area (TPSA) is 40.6 Å². The molecule has 2 fully saturated rings. The molecule has 1 saturated heterocycles. The van der Waals surface area contributed by atoms with Crippen LogP contribution in [0, 0.1) is 5.92 Å². The molecule has 1 saturated carbocycles. The van der Waals surface area contributed by atoms with Gasteiger partial charge in [-0.05, 0) is 40.9 Å². The molecule has 0 bridgehead atoms. The lowest BCUT2D eigenvalue weighted by atomic mass is 10.2. The Morgan fingerprint density at radius 3 is 2.26 bits per heavy atom. The molecule has 0 atom stereocenters. The third-order valence-electron chi connectivity index (χ3n) is 3.59. The monoisotopic (exact) mass is 342 g/mol. The average Bonchev–Trinajstić information content (AvgIpc) is 3.19. The summed E-state index contributed by atoms with van der Waals surface area (Å²) in [5, 5.41) is 0. The molecule has 2 aliphatic rings. The number of hydrogen-bond acceptors (Lipinski definition) is 3. The van der Waals surface area contributed by atoms with Gasteiger partial charge >= 0.3 is 0 Å². The Hall–Kier alpha value is -0.880. The molecule has 0 N–H and O–H groups in total. The molecule has 6 heteroatoms. The first-order valence-electron chi connectivity index (χ1n) is 6.48. The summed E-state index contributed by atoms with van der Waals surface area (Å²) in [6.45, 7) is 2.64. The number of hydrogen-bond donors (Lipinski definition) is 0. The van der Waals surface area contributed by atoms with Crippen molar-refractivity contribution in [3.8, 4) is 0 Å². The molecule has 1 aliphatic carbocycles. The van der Waals surface area contributed by atoms with Crippen molar-refractivity contribution in [2.45, 2.75) is 12.8 Å². The van der Waals surface area contributed by atoms with Crippen molar-refractivity contribution in [1.82, 2.24) is 9.80 Å². The molecule has 2 amide bonds. The lowest BCUT2D eigenvalue weighted by Crippen LogP contribution is -2.50. The number of halogens is 1. The van der Waals surface area contributed by atoms with Gasteiger partial charge in [0.15, 0.2) is 0 Å². The van der Waals surface area contributed by atoms with Crippen LogP contribution in [0.4, 0.5) is 0 Å². The molecule has 19 heavy (non-hydrogen) atoms. The number of amides is 2. The molecule has 0 radical (unpaired) electrons. The van der Waals surface area contributed by atoms with Gasteiger partial charge in [0, 0.05) is 32.1 Å². The van der Waals surface area contributed by atoms with E-state index in [1.807, 2.05) is 21.9 Å². The normalized spacial score (nSPS) is 19.6. The number of carbonyl (C=O) groups excluding carboxylic acids is 2. The van der Waals surface area contributed by atoms with E-state index < -0.39 is 0 Å². The summed E-state index contributed by atoms with van der Waals surface area (Å²) in [5.74, 6) is 0.635. The molecule has 0 aromatic carbocycles. The predicted octanol–water partition coefficient (Wildman–Crippen LogP) is 2.21. The highest BCUT2D eigenvalue weighted by Crippen LogP contribution is 2.31. The molecule has 1 aromatic heterocycles. The molecule has 0 unspecified atom stereocenters. The Labute approximate surface area is 124 Å². The van der Waals surface area contributed by atoms with Crippen molar-refractivity contribution in [3.05, 3.63) is 20.8 Å². The van der Waals surface area contributed by atoms with Gasteiger partial charge in [-0.2, -0.15) is 0 Å². The Morgan fingerprint density at radius 2 is 1.74 bits per heavy atom. The van der Waals surface area contributed by atoms with Crippen LogP contribution in [-0.2, 0) is 4.79 Å². The van der Waals surface area contributed by atoms with Crippen LogP contribution in [0.1, 0.15) is 22.5 Å². The summed E-state index contributed by atoms with van der Waals surface area (Å²) in [4.78, 5) is 28.7. The summed E-state index contributed by atoms with van der Waals surface area (Å²) >= 11 is 4.83. The maximum absolute atomic E-state index is 12.2. The van der Waals surface area contributed by atoms with Crippen LogP contribution in [-0.4, -0.2) is 47.8 Å². The fourth-order valence-corrected chi connectivity index (χ4v) is 3.66. The summed E-state index contributed by atoms with van der Waals surface area (Å²) in [6, 6.07) is 3.74. The van der Waals surface area contributed by atoms with Gasteiger partial charge in [-0.25, -0.2) is 0 Å². The van der Waals surface area contributed by atoms with Crippen LogP contribution in [0.2, 0.25) is 0 Å². The Kier molecular flexibility index (Phi) is 3.62. The predicted molar refractivity (Wildman–Crippen MR) is 77.2 cm³/mol. The molecule has 0 spiro atoms. The van der Waals surface area contributed by atoms with Crippen LogP contribution in [0.25, 0.3) is 0 Å². The maximum Gasteiger partial charge on any atom is 0.264 e. The Bertz CT molecular complexity index is 504. The minimum Gasteiger partial charge on any atom is -0.339 e. The smallest absolute Gasteiger partial charge is 0.264 e. The summed E-state index contributed by atoms with van der Waals surface area (Å²) in [6.07, 6.45) is 2.09. The Balaban J connectivity index is 1.57. The van der Waals surface area contributed by atoms with Gasteiger partial charge in [-0.1, -0.05) is 0 Å². The highest BCUT2D eigenvalue weighted by Gasteiger charge is 2.35. The molecule has 4 nitrogen and oxygen atoms in total. The largest absolute Gasteiger partial charge is 0.339 e.